The second kappa shape index (κ2) is 6.57. The number of carbonyl (C=O) groups excluding carboxylic acids is 1. The Morgan fingerprint density at radius 3 is 3.23 bits per heavy atom. The summed E-state index contributed by atoms with van der Waals surface area (Å²) in [5, 5.41) is 6.08. The van der Waals surface area contributed by atoms with Crippen LogP contribution in [0.4, 0.5) is 0 Å². The molecule has 0 saturated carbocycles. The van der Waals surface area contributed by atoms with E-state index in [1.807, 2.05) is 6.07 Å². The summed E-state index contributed by atoms with van der Waals surface area (Å²) in [6.45, 7) is 3.85. The molecule has 1 saturated heterocycles. The second-order valence-electron chi connectivity index (χ2n) is 5.16. The van der Waals surface area contributed by atoms with Crippen LogP contribution in [0.3, 0.4) is 0 Å². The molecule has 7 heteroatoms. The molecule has 2 aromatic heterocycles. The molecule has 3 rings (SSSR count). The number of aromatic nitrogens is 2. The van der Waals surface area contributed by atoms with E-state index >= 15 is 0 Å². The smallest absolute Gasteiger partial charge is 0.273 e. The minimum absolute atomic E-state index is 0.149. The molecule has 22 heavy (non-hydrogen) atoms. The molecule has 0 radical (unpaired) electrons. The molecule has 0 bridgehead atoms. The van der Waals surface area contributed by atoms with Gasteiger partial charge in [-0.3, -0.25) is 9.78 Å². The van der Waals surface area contributed by atoms with Gasteiger partial charge < -0.3 is 19.8 Å². The van der Waals surface area contributed by atoms with Gasteiger partial charge in [-0.05, 0) is 26.0 Å². The fourth-order valence-electron chi connectivity index (χ4n) is 2.35. The van der Waals surface area contributed by atoms with Gasteiger partial charge in [0.05, 0.1) is 6.20 Å². The van der Waals surface area contributed by atoms with Crippen molar-refractivity contribution in [2.75, 3.05) is 13.1 Å². The van der Waals surface area contributed by atoms with Crippen molar-refractivity contribution in [1.82, 2.24) is 20.6 Å². The number of ether oxygens (including phenoxy) is 1. The van der Waals surface area contributed by atoms with Crippen molar-refractivity contribution in [3.8, 4) is 5.75 Å². The highest BCUT2D eigenvalue weighted by molar-refractivity contribution is 5.93. The quantitative estimate of drug-likeness (QED) is 0.858. The lowest BCUT2D eigenvalue weighted by molar-refractivity contribution is 0.0944. The van der Waals surface area contributed by atoms with Gasteiger partial charge >= 0.3 is 0 Å². The van der Waals surface area contributed by atoms with E-state index in [1.54, 1.807) is 19.3 Å². The molecular formula is C15H18N4O3. The van der Waals surface area contributed by atoms with E-state index in [4.69, 9.17) is 9.15 Å². The van der Waals surface area contributed by atoms with Gasteiger partial charge in [0.25, 0.3) is 5.91 Å². The lowest BCUT2D eigenvalue weighted by atomic mass is 10.2. The average molecular weight is 302 g/mol. The summed E-state index contributed by atoms with van der Waals surface area (Å²) in [5.74, 6) is 0.936. The van der Waals surface area contributed by atoms with E-state index in [0.29, 0.717) is 23.7 Å². The van der Waals surface area contributed by atoms with Crippen LogP contribution < -0.4 is 15.4 Å². The Hall–Kier alpha value is -2.41. The zero-order chi connectivity index (χ0) is 15.4. The topological polar surface area (TPSA) is 89.3 Å². The van der Waals surface area contributed by atoms with Crippen molar-refractivity contribution in [3.63, 3.8) is 0 Å². The van der Waals surface area contributed by atoms with E-state index in [2.05, 4.69) is 20.6 Å². The van der Waals surface area contributed by atoms with Crippen LogP contribution in [0.1, 0.15) is 28.2 Å². The van der Waals surface area contributed by atoms with Crippen molar-refractivity contribution in [3.05, 3.63) is 41.9 Å². The Balaban J connectivity index is 1.64. The van der Waals surface area contributed by atoms with Gasteiger partial charge in [0, 0.05) is 24.8 Å². The highest BCUT2D eigenvalue weighted by Gasteiger charge is 2.18. The molecule has 0 aliphatic carbocycles. The van der Waals surface area contributed by atoms with Crippen molar-refractivity contribution in [2.24, 2.45) is 0 Å². The van der Waals surface area contributed by atoms with Crippen LogP contribution in [0.15, 0.2) is 29.3 Å². The van der Waals surface area contributed by atoms with Crippen LogP contribution in [-0.4, -0.2) is 35.1 Å². The number of hydrogen-bond acceptors (Lipinski definition) is 6. The molecule has 116 valence electrons. The Labute approximate surface area is 128 Å². The molecule has 1 atom stereocenters. The van der Waals surface area contributed by atoms with Crippen LogP contribution in [0.25, 0.3) is 0 Å². The van der Waals surface area contributed by atoms with Crippen molar-refractivity contribution in [1.29, 1.82) is 0 Å². The zero-order valence-corrected chi connectivity index (χ0v) is 12.3. The van der Waals surface area contributed by atoms with Crippen LogP contribution in [0, 0.1) is 6.92 Å². The minimum Gasteiger partial charge on any atom is -0.487 e. The van der Waals surface area contributed by atoms with Crippen LogP contribution in [0.5, 0.6) is 5.75 Å². The number of nitrogens with zero attached hydrogens (tertiary/aromatic N) is 2. The fraction of sp³-hybridized carbons (Fsp3) is 0.400. The van der Waals surface area contributed by atoms with Gasteiger partial charge in [0.15, 0.2) is 12.1 Å². The average Bonchev–Trinajstić information content (AvgIpc) is 3.17. The third-order valence-electron chi connectivity index (χ3n) is 3.58. The predicted octanol–water partition coefficient (Wildman–Crippen LogP) is 1.05. The standard InChI is InChI=1S/C15H18N4O3/c1-10-14(19-9-21-10)15(20)18-6-11-2-4-17-8-13(11)22-12-3-5-16-7-12/h2,4,8-9,12,16H,3,5-7H2,1H3,(H,18,20)/t12-/m0/s1. The molecule has 1 amide bonds. The van der Waals surface area contributed by atoms with Gasteiger partial charge in [0.1, 0.15) is 17.6 Å². The Kier molecular flexibility index (Phi) is 4.34. The third-order valence-corrected chi connectivity index (χ3v) is 3.58. The first-order valence-electron chi connectivity index (χ1n) is 7.22. The lowest BCUT2D eigenvalue weighted by Gasteiger charge is -2.15. The fourth-order valence-corrected chi connectivity index (χ4v) is 2.35. The highest BCUT2D eigenvalue weighted by atomic mass is 16.5. The molecular weight excluding hydrogens is 284 g/mol. The number of pyridine rings is 1. The molecule has 0 aromatic carbocycles. The molecule has 2 aromatic rings. The number of aryl methyl sites for hydroxylation is 1. The molecule has 1 aliphatic rings. The molecule has 0 unspecified atom stereocenters. The lowest BCUT2D eigenvalue weighted by Crippen LogP contribution is -2.25. The zero-order valence-electron chi connectivity index (χ0n) is 12.3. The summed E-state index contributed by atoms with van der Waals surface area (Å²) in [4.78, 5) is 20.1. The van der Waals surface area contributed by atoms with Crippen LogP contribution >= 0.6 is 0 Å². The van der Waals surface area contributed by atoms with Gasteiger partial charge in [-0.1, -0.05) is 0 Å². The maximum Gasteiger partial charge on any atom is 0.273 e. The first-order valence-corrected chi connectivity index (χ1v) is 7.22. The van der Waals surface area contributed by atoms with Crippen molar-refractivity contribution >= 4 is 5.91 Å². The maximum atomic E-state index is 12.1. The number of rotatable bonds is 5. The third kappa shape index (κ3) is 3.25. The van der Waals surface area contributed by atoms with E-state index in [0.717, 1.165) is 25.1 Å². The number of nitrogens with one attached hydrogen (secondary N) is 2. The van der Waals surface area contributed by atoms with Gasteiger partial charge in [-0.15, -0.1) is 0 Å². The van der Waals surface area contributed by atoms with E-state index < -0.39 is 0 Å². The molecule has 3 heterocycles. The van der Waals surface area contributed by atoms with Crippen molar-refractivity contribution < 1.29 is 13.9 Å². The number of amides is 1. The van der Waals surface area contributed by atoms with Gasteiger partial charge in [-0.25, -0.2) is 4.98 Å². The number of oxazole rings is 1. The normalized spacial score (nSPS) is 17.4. The van der Waals surface area contributed by atoms with E-state index in [-0.39, 0.29) is 12.0 Å². The molecule has 1 aliphatic heterocycles. The minimum atomic E-state index is -0.267. The van der Waals surface area contributed by atoms with Gasteiger partial charge in [0.2, 0.25) is 0 Å². The second-order valence-corrected chi connectivity index (χ2v) is 5.16. The summed E-state index contributed by atoms with van der Waals surface area (Å²) >= 11 is 0. The molecule has 2 N–H and O–H groups in total. The number of hydrogen-bond donors (Lipinski definition) is 2. The SMILES string of the molecule is Cc1ocnc1C(=O)NCc1ccncc1O[C@H]1CCNC1. The Bertz CT molecular complexity index is 650. The molecule has 7 nitrogen and oxygen atoms in total. The predicted molar refractivity (Wildman–Crippen MR) is 78.5 cm³/mol. The molecule has 1 fully saturated rings. The number of carbonyl (C=O) groups is 1. The van der Waals surface area contributed by atoms with Crippen LogP contribution in [0.2, 0.25) is 0 Å². The summed E-state index contributed by atoms with van der Waals surface area (Å²) in [7, 11) is 0. The van der Waals surface area contributed by atoms with Crippen LogP contribution in [-0.2, 0) is 6.54 Å². The first kappa shape index (κ1) is 14.5. The molecule has 0 spiro atoms. The largest absolute Gasteiger partial charge is 0.487 e. The monoisotopic (exact) mass is 302 g/mol. The van der Waals surface area contributed by atoms with E-state index in [1.165, 1.54) is 6.39 Å². The maximum absolute atomic E-state index is 12.1. The summed E-state index contributed by atoms with van der Waals surface area (Å²) in [6, 6.07) is 1.84. The first-order chi connectivity index (χ1) is 10.7. The Morgan fingerprint density at radius 1 is 1.59 bits per heavy atom. The van der Waals surface area contributed by atoms with Gasteiger partial charge in [-0.2, -0.15) is 0 Å². The summed E-state index contributed by atoms with van der Waals surface area (Å²) in [6.07, 6.45) is 5.75. The van der Waals surface area contributed by atoms with E-state index in [9.17, 15) is 4.79 Å². The Morgan fingerprint density at radius 2 is 2.50 bits per heavy atom. The highest BCUT2D eigenvalue weighted by Crippen LogP contribution is 2.19. The summed E-state index contributed by atoms with van der Waals surface area (Å²) in [5.41, 5.74) is 1.19. The van der Waals surface area contributed by atoms with Crippen molar-refractivity contribution in [2.45, 2.75) is 26.0 Å². The summed E-state index contributed by atoms with van der Waals surface area (Å²) < 4.78 is 11.0.